The van der Waals surface area contributed by atoms with Gasteiger partial charge < -0.3 is 15.4 Å². The van der Waals surface area contributed by atoms with Crippen LogP contribution in [0, 0.1) is 0 Å². The number of fused-ring (bicyclic) bond motifs is 1. The summed E-state index contributed by atoms with van der Waals surface area (Å²) in [6.07, 6.45) is 0.342. The number of para-hydroxylation sites is 1. The molecule has 5 heteroatoms. The van der Waals surface area contributed by atoms with Gasteiger partial charge in [0.1, 0.15) is 5.75 Å². The van der Waals surface area contributed by atoms with Gasteiger partial charge in [-0.1, -0.05) is 39.0 Å². The maximum atomic E-state index is 12.2. The van der Waals surface area contributed by atoms with Crippen LogP contribution >= 0.6 is 0 Å². The Kier molecular flexibility index (Phi) is 4.49. The van der Waals surface area contributed by atoms with Crippen molar-refractivity contribution in [3.8, 4) is 5.75 Å². The summed E-state index contributed by atoms with van der Waals surface area (Å²) in [4.78, 5) is 23.6. The van der Waals surface area contributed by atoms with Crippen LogP contribution in [0.3, 0.4) is 0 Å². The molecule has 25 heavy (non-hydrogen) atoms. The number of hydrogen-bond acceptors (Lipinski definition) is 3. The van der Waals surface area contributed by atoms with Crippen molar-refractivity contribution in [1.29, 1.82) is 0 Å². The molecule has 0 bridgehead atoms. The van der Waals surface area contributed by atoms with Gasteiger partial charge in [0.2, 0.25) is 5.91 Å². The smallest absolute Gasteiger partial charge is 0.262 e. The summed E-state index contributed by atoms with van der Waals surface area (Å²) in [6.45, 7) is 6.25. The van der Waals surface area contributed by atoms with Crippen LogP contribution < -0.4 is 15.4 Å². The number of carbonyl (C=O) groups is 2. The molecule has 0 aliphatic carbocycles. The molecule has 5 nitrogen and oxygen atoms in total. The lowest BCUT2D eigenvalue weighted by atomic mass is 9.86. The minimum absolute atomic E-state index is 0.0272. The first-order valence-electron chi connectivity index (χ1n) is 8.28. The Morgan fingerprint density at radius 1 is 1.20 bits per heavy atom. The van der Waals surface area contributed by atoms with Crippen molar-refractivity contribution in [2.24, 2.45) is 0 Å². The molecule has 0 fully saturated rings. The quantitative estimate of drug-likeness (QED) is 0.896. The number of rotatable bonds is 4. The fraction of sp³-hybridized carbons (Fsp3) is 0.300. The van der Waals surface area contributed by atoms with Crippen LogP contribution in [-0.2, 0) is 21.4 Å². The minimum atomic E-state index is -0.235. The number of amides is 2. The zero-order valence-corrected chi connectivity index (χ0v) is 14.7. The third-order valence-electron chi connectivity index (χ3n) is 4.07. The molecule has 3 rings (SSSR count). The Hall–Kier alpha value is -2.82. The molecule has 1 aliphatic rings. The van der Waals surface area contributed by atoms with Gasteiger partial charge in [-0.2, -0.15) is 0 Å². The Bertz CT molecular complexity index is 822. The predicted octanol–water partition coefficient (Wildman–Crippen LogP) is 3.50. The van der Waals surface area contributed by atoms with E-state index in [1.807, 2.05) is 30.3 Å². The van der Waals surface area contributed by atoms with E-state index in [2.05, 4.69) is 31.4 Å². The zero-order chi connectivity index (χ0) is 18.0. The van der Waals surface area contributed by atoms with E-state index in [0.717, 1.165) is 16.8 Å². The van der Waals surface area contributed by atoms with Gasteiger partial charge >= 0.3 is 0 Å². The van der Waals surface area contributed by atoms with E-state index in [0.29, 0.717) is 17.9 Å². The lowest BCUT2D eigenvalue weighted by Crippen LogP contribution is -2.22. The Morgan fingerprint density at radius 3 is 2.72 bits per heavy atom. The van der Waals surface area contributed by atoms with Gasteiger partial charge in [-0.3, -0.25) is 9.59 Å². The van der Waals surface area contributed by atoms with Gasteiger partial charge in [0.05, 0.1) is 6.42 Å². The fourth-order valence-electron chi connectivity index (χ4n) is 2.86. The highest BCUT2D eigenvalue weighted by Crippen LogP contribution is 2.31. The molecule has 0 unspecified atom stereocenters. The van der Waals surface area contributed by atoms with Gasteiger partial charge in [-0.15, -0.1) is 0 Å². The van der Waals surface area contributed by atoms with Crippen molar-refractivity contribution in [2.45, 2.75) is 32.6 Å². The highest BCUT2D eigenvalue weighted by Gasteiger charge is 2.20. The van der Waals surface area contributed by atoms with E-state index in [1.54, 1.807) is 12.1 Å². The standard InChI is InChI=1S/C20H22N2O3/c1-20(2,3)15-6-4-5-7-17(15)25-12-19(24)21-14-8-9-16-13(10-14)11-18(23)22-16/h4-10H,11-12H2,1-3H3,(H,21,24)(H,22,23). The van der Waals surface area contributed by atoms with Gasteiger partial charge in [-0.25, -0.2) is 0 Å². The van der Waals surface area contributed by atoms with Crippen molar-refractivity contribution in [3.05, 3.63) is 53.6 Å². The number of benzene rings is 2. The largest absolute Gasteiger partial charge is 0.483 e. The maximum absolute atomic E-state index is 12.2. The first-order chi connectivity index (χ1) is 11.8. The van der Waals surface area contributed by atoms with Gasteiger partial charge in [-0.05, 0) is 40.8 Å². The first kappa shape index (κ1) is 17.0. The second-order valence-corrected chi connectivity index (χ2v) is 7.18. The van der Waals surface area contributed by atoms with E-state index in [-0.39, 0.29) is 23.8 Å². The third-order valence-corrected chi connectivity index (χ3v) is 4.07. The average molecular weight is 338 g/mol. The Labute approximate surface area is 147 Å². The summed E-state index contributed by atoms with van der Waals surface area (Å²) >= 11 is 0. The molecule has 1 heterocycles. The third kappa shape index (κ3) is 3.99. The Balaban J connectivity index is 1.63. The summed E-state index contributed by atoms with van der Waals surface area (Å²) in [5, 5.41) is 5.58. The molecule has 1 aliphatic heterocycles. The molecule has 2 N–H and O–H groups in total. The molecule has 2 amide bonds. The molecule has 0 aromatic heterocycles. The monoisotopic (exact) mass is 338 g/mol. The van der Waals surface area contributed by atoms with Crippen LogP contribution in [0.2, 0.25) is 0 Å². The van der Waals surface area contributed by atoms with E-state index in [9.17, 15) is 9.59 Å². The Morgan fingerprint density at radius 2 is 1.96 bits per heavy atom. The molecule has 0 atom stereocenters. The molecule has 130 valence electrons. The van der Waals surface area contributed by atoms with E-state index < -0.39 is 0 Å². The van der Waals surface area contributed by atoms with Crippen molar-refractivity contribution < 1.29 is 14.3 Å². The van der Waals surface area contributed by atoms with Crippen LogP contribution in [-0.4, -0.2) is 18.4 Å². The summed E-state index contributed by atoms with van der Waals surface area (Å²) in [6, 6.07) is 13.1. The lowest BCUT2D eigenvalue weighted by Gasteiger charge is -2.22. The average Bonchev–Trinajstić information content (AvgIpc) is 2.91. The fourth-order valence-corrected chi connectivity index (χ4v) is 2.86. The SMILES string of the molecule is CC(C)(C)c1ccccc1OCC(=O)Nc1ccc2c(c1)CC(=O)N2. The number of ether oxygens (including phenoxy) is 1. The van der Waals surface area contributed by atoms with Crippen molar-refractivity contribution in [1.82, 2.24) is 0 Å². The van der Waals surface area contributed by atoms with Crippen molar-refractivity contribution >= 4 is 23.2 Å². The molecule has 2 aromatic rings. The topological polar surface area (TPSA) is 67.4 Å². The van der Waals surface area contributed by atoms with E-state index >= 15 is 0 Å². The van der Waals surface area contributed by atoms with Crippen LogP contribution in [0.4, 0.5) is 11.4 Å². The normalized spacial score (nSPS) is 13.2. The molecule has 0 radical (unpaired) electrons. The molecular weight excluding hydrogens is 316 g/mol. The number of carbonyl (C=O) groups excluding carboxylic acids is 2. The van der Waals surface area contributed by atoms with Crippen LogP contribution in [0.1, 0.15) is 31.9 Å². The second kappa shape index (κ2) is 6.59. The number of hydrogen-bond donors (Lipinski definition) is 2. The molecule has 0 saturated carbocycles. The summed E-state index contributed by atoms with van der Waals surface area (Å²) in [5.74, 6) is 0.454. The molecule has 2 aromatic carbocycles. The van der Waals surface area contributed by atoms with E-state index in [4.69, 9.17) is 4.74 Å². The summed E-state index contributed by atoms with van der Waals surface area (Å²) in [7, 11) is 0. The molecule has 0 spiro atoms. The van der Waals surface area contributed by atoms with Gasteiger partial charge in [0.15, 0.2) is 6.61 Å². The van der Waals surface area contributed by atoms with Crippen LogP contribution in [0.25, 0.3) is 0 Å². The lowest BCUT2D eigenvalue weighted by molar-refractivity contribution is -0.118. The highest BCUT2D eigenvalue weighted by molar-refractivity contribution is 6.00. The van der Waals surface area contributed by atoms with Crippen LogP contribution in [0.15, 0.2) is 42.5 Å². The predicted molar refractivity (Wildman–Crippen MR) is 98.0 cm³/mol. The van der Waals surface area contributed by atoms with Crippen LogP contribution in [0.5, 0.6) is 5.75 Å². The zero-order valence-electron chi connectivity index (χ0n) is 14.7. The van der Waals surface area contributed by atoms with Crippen molar-refractivity contribution in [3.63, 3.8) is 0 Å². The van der Waals surface area contributed by atoms with Gasteiger partial charge in [0.25, 0.3) is 5.91 Å². The molecular formula is C20H22N2O3. The highest BCUT2D eigenvalue weighted by atomic mass is 16.5. The van der Waals surface area contributed by atoms with Gasteiger partial charge in [0, 0.05) is 11.4 Å². The maximum Gasteiger partial charge on any atom is 0.262 e. The summed E-state index contributed by atoms with van der Waals surface area (Å²) in [5.41, 5.74) is 3.35. The number of anilines is 2. The second-order valence-electron chi connectivity index (χ2n) is 7.18. The minimum Gasteiger partial charge on any atom is -0.483 e. The van der Waals surface area contributed by atoms with E-state index in [1.165, 1.54) is 0 Å². The first-order valence-corrected chi connectivity index (χ1v) is 8.28. The summed E-state index contributed by atoms with van der Waals surface area (Å²) < 4.78 is 5.73. The number of nitrogens with one attached hydrogen (secondary N) is 2. The molecule has 0 saturated heterocycles. The van der Waals surface area contributed by atoms with Crippen molar-refractivity contribution in [2.75, 3.05) is 17.2 Å².